The molecule has 1 N–H and O–H groups in total. The zero-order valence-electron chi connectivity index (χ0n) is 15.9. The highest BCUT2D eigenvalue weighted by atomic mass is 16.5. The average Bonchev–Trinajstić information content (AvgIpc) is 3.21. The van der Waals surface area contributed by atoms with Crippen LogP contribution in [0.5, 0.6) is 5.75 Å². The number of nitrogens with zero attached hydrogens (tertiary/aromatic N) is 4. The molecule has 0 aliphatic heterocycles. The zero-order chi connectivity index (χ0) is 19.4. The molecule has 0 saturated heterocycles. The van der Waals surface area contributed by atoms with Crippen LogP contribution in [-0.2, 0) is 13.2 Å². The lowest BCUT2D eigenvalue weighted by Gasteiger charge is -2.14. The summed E-state index contributed by atoms with van der Waals surface area (Å²) < 4.78 is 12.6. The molecule has 0 aliphatic rings. The van der Waals surface area contributed by atoms with Gasteiger partial charge in [0.05, 0.1) is 18.4 Å². The van der Waals surface area contributed by atoms with E-state index in [9.17, 15) is 4.79 Å². The van der Waals surface area contributed by atoms with Gasteiger partial charge in [0.1, 0.15) is 12.4 Å². The Morgan fingerprint density at radius 2 is 2.07 bits per heavy atom. The highest BCUT2D eigenvalue weighted by Crippen LogP contribution is 2.12. The lowest BCUT2D eigenvalue weighted by atomic mass is 10.3. The van der Waals surface area contributed by atoms with Crippen LogP contribution in [0.4, 0.5) is 0 Å². The van der Waals surface area contributed by atoms with Crippen molar-refractivity contribution >= 4 is 5.91 Å². The van der Waals surface area contributed by atoms with Crippen molar-refractivity contribution in [1.29, 1.82) is 0 Å². The van der Waals surface area contributed by atoms with Crippen LogP contribution in [-0.4, -0.2) is 31.9 Å². The van der Waals surface area contributed by atoms with Crippen LogP contribution in [0.3, 0.4) is 0 Å². The molecule has 0 saturated carbocycles. The summed E-state index contributed by atoms with van der Waals surface area (Å²) in [7, 11) is 0. The van der Waals surface area contributed by atoms with Crippen molar-refractivity contribution in [2.24, 2.45) is 0 Å². The van der Waals surface area contributed by atoms with E-state index >= 15 is 0 Å². The van der Waals surface area contributed by atoms with E-state index in [2.05, 4.69) is 20.6 Å². The second-order valence-corrected chi connectivity index (χ2v) is 6.59. The monoisotopic (exact) mass is 369 g/mol. The third-order valence-electron chi connectivity index (χ3n) is 3.98. The molecule has 0 aromatic carbocycles. The van der Waals surface area contributed by atoms with E-state index in [0.717, 1.165) is 17.1 Å². The summed E-state index contributed by atoms with van der Waals surface area (Å²) in [6.07, 6.45) is 1.64. The van der Waals surface area contributed by atoms with Crippen LogP contribution in [0.2, 0.25) is 0 Å². The molecule has 0 fully saturated rings. The fourth-order valence-electron chi connectivity index (χ4n) is 2.64. The summed E-state index contributed by atoms with van der Waals surface area (Å²) in [6, 6.07) is 7.16. The summed E-state index contributed by atoms with van der Waals surface area (Å²) in [5.74, 6) is 0.796. The average molecular weight is 369 g/mol. The molecule has 27 heavy (non-hydrogen) atoms. The fourth-order valence-corrected chi connectivity index (χ4v) is 2.64. The van der Waals surface area contributed by atoms with Crippen molar-refractivity contribution in [2.75, 3.05) is 0 Å². The molecule has 8 nitrogen and oxygen atoms in total. The molecular formula is C19H23N5O3. The molecule has 3 aromatic heterocycles. The normalized spacial score (nSPS) is 12.0. The van der Waals surface area contributed by atoms with Crippen molar-refractivity contribution in [2.45, 2.75) is 46.9 Å². The minimum absolute atomic E-state index is 0.106. The zero-order valence-corrected chi connectivity index (χ0v) is 15.9. The number of amides is 1. The first-order valence-corrected chi connectivity index (χ1v) is 8.73. The maximum atomic E-state index is 12.3. The van der Waals surface area contributed by atoms with Crippen LogP contribution in [0, 0.1) is 20.8 Å². The molecule has 0 radical (unpaired) electrons. The molecule has 3 heterocycles. The summed E-state index contributed by atoms with van der Waals surface area (Å²) in [5, 5.41) is 11.1. The van der Waals surface area contributed by atoms with Gasteiger partial charge in [0.25, 0.3) is 5.91 Å². The Bertz CT molecular complexity index is 914. The predicted molar refractivity (Wildman–Crippen MR) is 98.4 cm³/mol. The summed E-state index contributed by atoms with van der Waals surface area (Å²) in [6.45, 7) is 8.51. The Balaban J connectivity index is 1.53. The van der Waals surface area contributed by atoms with Crippen molar-refractivity contribution in [3.05, 3.63) is 59.0 Å². The number of ether oxygens (including phenoxy) is 1. The Morgan fingerprint density at radius 1 is 1.26 bits per heavy atom. The van der Waals surface area contributed by atoms with Crippen molar-refractivity contribution in [1.82, 2.24) is 25.2 Å². The number of hydrogen-bond acceptors (Lipinski definition) is 6. The van der Waals surface area contributed by atoms with Gasteiger partial charge in [-0.3, -0.25) is 14.5 Å². The smallest absolute Gasteiger partial charge is 0.273 e. The number of carbonyl (C=O) groups excluding carboxylic acids is 1. The molecule has 3 aromatic rings. The van der Waals surface area contributed by atoms with E-state index in [1.165, 1.54) is 0 Å². The second kappa shape index (κ2) is 8.03. The molecular weight excluding hydrogens is 346 g/mol. The van der Waals surface area contributed by atoms with Crippen molar-refractivity contribution in [3.63, 3.8) is 0 Å². The summed E-state index contributed by atoms with van der Waals surface area (Å²) in [5.41, 5.74) is 3.14. The van der Waals surface area contributed by atoms with Crippen molar-refractivity contribution in [3.8, 4) is 5.75 Å². The van der Waals surface area contributed by atoms with E-state index in [4.69, 9.17) is 9.26 Å². The topological polar surface area (TPSA) is 95.1 Å². The minimum Gasteiger partial charge on any atom is -0.484 e. The Labute approximate surface area is 157 Å². The van der Waals surface area contributed by atoms with Crippen molar-refractivity contribution < 1.29 is 14.1 Å². The molecule has 0 bridgehead atoms. The predicted octanol–water partition coefficient (Wildman–Crippen LogP) is 2.59. The van der Waals surface area contributed by atoms with Crippen LogP contribution >= 0.6 is 0 Å². The lowest BCUT2D eigenvalue weighted by Crippen LogP contribution is -2.36. The van der Waals surface area contributed by atoms with Gasteiger partial charge in [-0.05, 0) is 45.9 Å². The standard InChI is InChI=1S/C19H23N5O3/c1-12-5-6-16(9-20-12)26-11-17-8-18(23-27-17)19(25)21-14(3)10-24-15(4)7-13(2)22-24/h5-9,14H,10-11H2,1-4H3,(H,21,25). The van der Waals surface area contributed by atoms with Gasteiger partial charge in [-0.2, -0.15) is 5.10 Å². The van der Waals surface area contributed by atoms with E-state index in [0.29, 0.717) is 18.1 Å². The van der Waals surface area contributed by atoms with Gasteiger partial charge in [-0.15, -0.1) is 0 Å². The van der Waals surface area contributed by atoms with Crippen LogP contribution in [0.25, 0.3) is 0 Å². The van der Waals surface area contributed by atoms with E-state index in [1.807, 2.05) is 50.6 Å². The quantitative estimate of drug-likeness (QED) is 0.688. The number of aryl methyl sites for hydroxylation is 3. The number of rotatable bonds is 7. The van der Waals surface area contributed by atoms with Gasteiger partial charge in [0.15, 0.2) is 11.5 Å². The molecule has 1 atom stereocenters. The van der Waals surface area contributed by atoms with Crippen LogP contribution < -0.4 is 10.1 Å². The van der Waals surface area contributed by atoms with E-state index in [-0.39, 0.29) is 24.2 Å². The van der Waals surface area contributed by atoms with Gasteiger partial charge < -0.3 is 14.6 Å². The highest BCUT2D eigenvalue weighted by molar-refractivity contribution is 5.92. The maximum Gasteiger partial charge on any atom is 0.273 e. The number of pyridine rings is 1. The molecule has 3 rings (SSSR count). The fraction of sp³-hybridized carbons (Fsp3) is 0.368. The van der Waals surface area contributed by atoms with Gasteiger partial charge in [0, 0.05) is 23.5 Å². The van der Waals surface area contributed by atoms with E-state index in [1.54, 1.807) is 12.3 Å². The molecule has 8 heteroatoms. The summed E-state index contributed by atoms with van der Waals surface area (Å²) in [4.78, 5) is 16.5. The second-order valence-electron chi connectivity index (χ2n) is 6.59. The van der Waals surface area contributed by atoms with Gasteiger partial charge in [-0.25, -0.2) is 0 Å². The maximum absolute atomic E-state index is 12.3. The Kier molecular flexibility index (Phi) is 5.54. The number of carbonyl (C=O) groups is 1. The van der Waals surface area contributed by atoms with Gasteiger partial charge in [0.2, 0.25) is 0 Å². The first kappa shape index (κ1) is 18.6. The first-order valence-electron chi connectivity index (χ1n) is 8.73. The molecule has 142 valence electrons. The number of hydrogen-bond donors (Lipinski definition) is 1. The lowest BCUT2D eigenvalue weighted by molar-refractivity contribution is 0.0926. The van der Waals surface area contributed by atoms with Crippen LogP contribution in [0.15, 0.2) is 35.0 Å². The largest absolute Gasteiger partial charge is 0.484 e. The molecule has 1 amide bonds. The number of nitrogens with one attached hydrogen (secondary N) is 1. The first-order chi connectivity index (χ1) is 12.9. The molecule has 1 unspecified atom stereocenters. The van der Waals surface area contributed by atoms with Crippen LogP contribution in [0.1, 0.15) is 40.3 Å². The molecule has 0 aliphatic carbocycles. The third kappa shape index (κ3) is 4.93. The van der Waals surface area contributed by atoms with E-state index < -0.39 is 0 Å². The van der Waals surface area contributed by atoms with Gasteiger partial charge >= 0.3 is 0 Å². The Morgan fingerprint density at radius 3 is 2.74 bits per heavy atom. The third-order valence-corrected chi connectivity index (χ3v) is 3.98. The minimum atomic E-state index is -0.295. The number of aromatic nitrogens is 4. The van der Waals surface area contributed by atoms with Gasteiger partial charge in [-0.1, -0.05) is 5.16 Å². The highest BCUT2D eigenvalue weighted by Gasteiger charge is 2.16. The Hall–Kier alpha value is -3.16. The summed E-state index contributed by atoms with van der Waals surface area (Å²) >= 11 is 0. The molecule has 0 spiro atoms. The SMILES string of the molecule is Cc1ccc(OCc2cc(C(=O)NC(C)Cn3nc(C)cc3C)no2)cn1.